The maximum absolute atomic E-state index is 12.3. The molecular formula is C19H22N2O. The van der Waals surface area contributed by atoms with Gasteiger partial charge in [-0.05, 0) is 49.8 Å². The summed E-state index contributed by atoms with van der Waals surface area (Å²) in [6.45, 7) is 1.99. The second-order valence-electron chi connectivity index (χ2n) is 6.07. The molecule has 3 nitrogen and oxygen atoms in total. The fraction of sp³-hybridized carbons (Fsp3) is 0.368. The Kier molecular flexibility index (Phi) is 4.52. The van der Waals surface area contributed by atoms with Gasteiger partial charge in [0.25, 0.3) is 0 Å². The summed E-state index contributed by atoms with van der Waals surface area (Å²) in [5.74, 6) is 0.666. The number of aromatic nitrogens is 1. The monoisotopic (exact) mass is 294 g/mol. The molecule has 3 heteroatoms. The van der Waals surface area contributed by atoms with Crippen LogP contribution in [-0.2, 0) is 11.2 Å². The molecule has 1 saturated carbocycles. The lowest BCUT2D eigenvalue weighted by atomic mass is 10.1. The molecule has 1 unspecified atom stereocenters. The Labute approximate surface area is 131 Å². The third-order valence-corrected chi connectivity index (χ3v) is 4.12. The second-order valence-corrected chi connectivity index (χ2v) is 6.07. The van der Waals surface area contributed by atoms with Gasteiger partial charge in [0.15, 0.2) is 0 Å². The average Bonchev–Trinajstić information content (AvgIpc) is 3.36. The molecule has 1 aliphatic rings. The number of nitrogens with zero attached hydrogens (tertiary/aromatic N) is 1. The van der Waals surface area contributed by atoms with Gasteiger partial charge in [0, 0.05) is 12.1 Å². The normalized spacial score (nSPS) is 15.3. The number of hydrogen-bond acceptors (Lipinski definition) is 2. The molecule has 22 heavy (non-hydrogen) atoms. The number of benzene rings is 1. The molecule has 0 bridgehead atoms. The second kappa shape index (κ2) is 6.73. The van der Waals surface area contributed by atoms with E-state index in [4.69, 9.17) is 0 Å². The van der Waals surface area contributed by atoms with Crippen molar-refractivity contribution >= 4 is 5.91 Å². The quantitative estimate of drug-likeness (QED) is 0.884. The fourth-order valence-electron chi connectivity index (χ4n) is 2.75. The minimum absolute atomic E-state index is 0.0724. The Morgan fingerprint density at radius 2 is 1.95 bits per heavy atom. The van der Waals surface area contributed by atoms with Gasteiger partial charge in [-0.15, -0.1) is 0 Å². The lowest BCUT2D eigenvalue weighted by molar-refractivity contribution is -0.122. The predicted molar refractivity (Wildman–Crippen MR) is 87.3 cm³/mol. The van der Waals surface area contributed by atoms with E-state index in [0.717, 1.165) is 17.8 Å². The Morgan fingerprint density at radius 3 is 2.64 bits per heavy atom. The van der Waals surface area contributed by atoms with Crippen LogP contribution in [0.4, 0.5) is 0 Å². The van der Waals surface area contributed by atoms with Crippen molar-refractivity contribution in [1.29, 1.82) is 0 Å². The Morgan fingerprint density at radius 1 is 1.18 bits per heavy atom. The van der Waals surface area contributed by atoms with Gasteiger partial charge in [0.05, 0.1) is 11.7 Å². The Hall–Kier alpha value is -2.16. The van der Waals surface area contributed by atoms with Crippen molar-refractivity contribution < 1.29 is 4.79 Å². The van der Waals surface area contributed by atoms with E-state index in [-0.39, 0.29) is 11.9 Å². The first-order valence-electron chi connectivity index (χ1n) is 7.99. The number of carbonyl (C=O) groups is 1. The molecule has 0 aliphatic heterocycles. The van der Waals surface area contributed by atoms with Crippen LogP contribution in [0.5, 0.6) is 0 Å². The number of aryl methyl sites for hydroxylation is 2. The lowest BCUT2D eigenvalue weighted by Gasteiger charge is -2.18. The van der Waals surface area contributed by atoms with Gasteiger partial charge in [0.1, 0.15) is 0 Å². The summed E-state index contributed by atoms with van der Waals surface area (Å²) in [6.07, 6.45) is 3.67. The highest BCUT2D eigenvalue weighted by Crippen LogP contribution is 2.40. The summed E-state index contributed by atoms with van der Waals surface area (Å²) in [4.78, 5) is 16.9. The summed E-state index contributed by atoms with van der Waals surface area (Å²) in [7, 11) is 0. The van der Waals surface area contributed by atoms with Gasteiger partial charge >= 0.3 is 0 Å². The molecule has 1 aromatic heterocycles. The van der Waals surface area contributed by atoms with E-state index in [2.05, 4.69) is 22.4 Å². The average molecular weight is 294 g/mol. The van der Waals surface area contributed by atoms with Crippen molar-refractivity contribution in [3.8, 4) is 0 Å². The van der Waals surface area contributed by atoms with E-state index in [1.807, 2.05) is 43.3 Å². The molecule has 0 saturated heterocycles. The molecule has 0 radical (unpaired) electrons. The number of amides is 1. The molecule has 1 amide bonds. The molecule has 0 spiro atoms. The van der Waals surface area contributed by atoms with Crippen LogP contribution >= 0.6 is 0 Å². The highest BCUT2D eigenvalue weighted by atomic mass is 16.1. The van der Waals surface area contributed by atoms with Crippen molar-refractivity contribution in [3.05, 3.63) is 65.5 Å². The van der Waals surface area contributed by atoms with Crippen LogP contribution in [0.1, 0.15) is 42.3 Å². The Bertz CT molecular complexity index is 635. The zero-order valence-corrected chi connectivity index (χ0v) is 13.0. The highest BCUT2D eigenvalue weighted by Gasteiger charge is 2.34. The summed E-state index contributed by atoms with van der Waals surface area (Å²) in [5, 5.41) is 3.19. The highest BCUT2D eigenvalue weighted by molar-refractivity contribution is 5.76. The number of rotatable bonds is 6. The summed E-state index contributed by atoms with van der Waals surface area (Å²) >= 11 is 0. The van der Waals surface area contributed by atoms with Gasteiger partial charge in [-0.1, -0.05) is 36.4 Å². The van der Waals surface area contributed by atoms with Crippen LogP contribution in [0.3, 0.4) is 0 Å². The molecule has 3 rings (SSSR count). The largest absolute Gasteiger partial charge is 0.347 e. The van der Waals surface area contributed by atoms with Crippen molar-refractivity contribution in [1.82, 2.24) is 10.3 Å². The van der Waals surface area contributed by atoms with Gasteiger partial charge in [-0.25, -0.2) is 0 Å². The van der Waals surface area contributed by atoms with Crippen LogP contribution in [0, 0.1) is 12.8 Å². The summed E-state index contributed by atoms with van der Waals surface area (Å²) < 4.78 is 0. The van der Waals surface area contributed by atoms with E-state index in [1.165, 1.54) is 18.4 Å². The topological polar surface area (TPSA) is 42.0 Å². The third kappa shape index (κ3) is 3.94. The molecule has 1 N–H and O–H groups in total. The van der Waals surface area contributed by atoms with E-state index in [1.54, 1.807) is 0 Å². The molecule has 1 heterocycles. The smallest absolute Gasteiger partial charge is 0.220 e. The predicted octanol–water partition coefficient (Wildman–Crippen LogP) is 3.59. The van der Waals surface area contributed by atoms with Gasteiger partial charge in [-0.3, -0.25) is 9.78 Å². The van der Waals surface area contributed by atoms with Gasteiger partial charge in [0.2, 0.25) is 5.91 Å². The molecule has 1 fully saturated rings. The maximum Gasteiger partial charge on any atom is 0.220 e. The van der Waals surface area contributed by atoms with Crippen molar-refractivity contribution in [2.24, 2.45) is 5.92 Å². The van der Waals surface area contributed by atoms with Gasteiger partial charge in [-0.2, -0.15) is 0 Å². The standard InChI is InChI=1S/C19H22N2O/c1-14-6-5-9-17(20-14)19(16-11-12-16)21-18(22)13-10-15-7-3-2-4-8-15/h2-9,16,19H,10-13H2,1H3,(H,21,22). The zero-order chi connectivity index (χ0) is 15.4. The fourth-order valence-corrected chi connectivity index (χ4v) is 2.75. The van der Waals surface area contributed by atoms with Crippen LogP contribution in [-0.4, -0.2) is 10.9 Å². The lowest BCUT2D eigenvalue weighted by Crippen LogP contribution is -2.30. The maximum atomic E-state index is 12.3. The van der Waals surface area contributed by atoms with Crippen molar-refractivity contribution in [2.45, 2.75) is 38.6 Å². The first kappa shape index (κ1) is 14.8. The third-order valence-electron chi connectivity index (χ3n) is 4.12. The molecular weight excluding hydrogens is 272 g/mol. The number of hydrogen-bond donors (Lipinski definition) is 1. The number of nitrogens with one attached hydrogen (secondary N) is 1. The summed E-state index contributed by atoms with van der Waals surface area (Å²) in [6, 6.07) is 16.2. The van der Waals surface area contributed by atoms with Crippen molar-refractivity contribution in [2.75, 3.05) is 0 Å². The first-order chi connectivity index (χ1) is 10.7. The molecule has 1 aliphatic carbocycles. The number of carbonyl (C=O) groups excluding carboxylic acids is 1. The molecule has 1 aromatic carbocycles. The summed E-state index contributed by atoms with van der Waals surface area (Å²) in [5.41, 5.74) is 3.20. The SMILES string of the molecule is Cc1cccc(C(NC(=O)CCc2ccccc2)C2CC2)n1. The van der Waals surface area contributed by atoms with Gasteiger partial charge < -0.3 is 5.32 Å². The van der Waals surface area contributed by atoms with Crippen LogP contribution in [0.2, 0.25) is 0 Å². The van der Waals surface area contributed by atoms with Crippen LogP contribution < -0.4 is 5.32 Å². The van der Waals surface area contributed by atoms with Crippen molar-refractivity contribution in [3.63, 3.8) is 0 Å². The minimum Gasteiger partial charge on any atom is -0.347 e. The van der Waals surface area contributed by atoms with E-state index in [9.17, 15) is 4.79 Å². The van der Waals surface area contributed by atoms with E-state index >= 15 is 0 Å². The molecule has 114 valence electrons. The molecule has 2 aromatic rings. The zero-order valence-electron chi connectivity index (χ0n) is 13.0. The Balaban J connectivity index is 1.60. The van der Waals surface area contributed by atoms with E-state index < -0.39 is 0 Å². The first-order valence-corrected chi connectivity index (χ1v) is 7.99. The molecule has 1 atom stereocenters. The van der Waals surface area contributed by atoms with Crippen LogP contribution in [0.15, 0.2) is 48.5 Å². The van der Waals surface area contributed by atoms with Crippen LogP contribution in [0.25, 0.3) is 0 Å². The number of pyridine rings is 1. The van der Waals surface area contributed by atoms with E-state index in [0.29, 0.717) is 12.3 Å². The minimum atomic E-state index is 0.0724.